The van der Waals surface area contributed by atoms with Gasteiger partial charge in [-0.05, 0) is 42.8 Å². The molecule has 120 valence electrons. The van der Waals surface area contributed by atoms with Gasteiger partial charge in [-0.15, -0.1) is 0 Å². The van der Waals surface area contributed by atoms with E-state index < -0.39 is 0 Å². The largest absolute Gasteiger partial charge is 0.467 e. The number of hydrogen-bond donors (Lipinski definition) is 1. The molecule has 0 spiro atoms. The van der Waals surface area contributed by atoms with Crippen LogP contribution in [0.25, 0.3) is 6.08 Å². The maximum Gasteiger partial charge on any atom is 0.251 e. The first kappa shape index (κ1) is 16.5. The normalized spacial score (nSPS) is 12.1. The monoisotopic (exact) mass is 312 g/mol. The van der Waals surface area contributed by atoms with Gasteiger partial charge in [-0.25, -0.2) is 0 Å². The number of rotatable bonds is 5. The van der Waals surface area contributed by atoms with Crippen molar-refractivity contribution in [1.82, 2.24) is 10.2 Å². The van der Waals surface area contributed by atoms with Crippen molar-refractivity contribution in [3.05, 3.63) is 65.6 Å². The van der Waals surface area contributed by atoms with Crippen molar-refractivity contribution >= 4 is 17.9 Å². The van der Waals surface area contributed by atoms with Crippen molar-refractivity contribution in [2.24, 2.45) is 0 Å². The molecule has 0 radical (unpaired) electrons. The van der Waals surface area contributed by atoms with E-state index in [9.17, 15) is 9.59 Å². The van der Waals surface area contributed by atoms with E-state index in [-0.39, 0.29) is 17.9 Å². The molecule has 5 nitrogen and oxygen atoms in total. The highest BCUT2D eigenvalue weighted by Gasteiger charge is 2.17. The average Bonchev–Trinajstić information content (AvgIpc) is 3.12. The Morgan fingerprint density at radius 2 is 1.91 bits per heavy atom. The lowest BCUT2D eigenvalue weighted by molar-refractivity contribution is -0.126. The molecule has 1 N–H and O–H groups in total. The first-order valence-electron chi connectivity index (χ1n) is 7.33. The Bertz CT molecular complexity index is 688. The fourth-order valence-electron chi connectivity index (χ4n) is 2.09. The zero-order chi connectivity index (χ0) is 16.8. The molecule has 2 rings (SSSR count). The van der Waals surface area contributed by atoms with Crippen molar-refractivity contribution in [1.29, 1.82) is 0 Å². The van der Waals surface area contributed by atoms with Crippen LogP contribution in [-0.4, -0.2) is 30.8 Å². The molecule has 5 heteroatoms. The Morgan fingerprint density at radius 1 is 1.22 bits per heavy atom. The molecule has 2 amide bonds. The van der Waals surface area contributed by atoms with E-state index in [2.05, 4.69) is 5.32 Å². The summed E-state index contributed by atoms with van der Waals surface area (Å²) >= 11 is 0. The number of carbonyl (C=O) groups excluding carboxylic acids is 2. The topological polar surface area (TPSA) is 62.6 Å². The number of carbonyl (C=O) groups is 2. The second-order valence-corrected chi connectivity index (χ2v) is 5.18. The van der Waals surface area contributed by atoms with Gasteiger partial charge in [-0.2, -0.15) is 0 Å². The first-order chi connectivity index (χ1) is 11.0. The zero-order valence-corrected chi connectivity index (χ0v) is 13.4. The fraction of sp³-hybridized carbons (Fsp3) is 0.222. The van der Waals surface area contributed by atoms with Crippen LogP contribution in [0, 0.1) is 0 Å². The summed E-state index contributed by atoms with van der Waals surface area (Å²) in [5, 5.41) is 2.57. The maximum absolute atomic E-state index is 12.2. The van der Waals surface area contributed by atoms with E-state index in [1.165, 1.54) is 6.08 Å². The Hall–Kier alpha value is -2.82. The highest BCUT2D eigenvalue weighted by Crippen LogP contribution is 2.19. The third-order valence-electron chi connectivity index (χ3n) is 3.70. The van der Waals surface area contributed by atoms with E-state index in [0.717, 1.165) is 11.3 Å². The molecule has 0 saturated carbocycles. The molecule has 0 fully saturated rings. The number of nitrogens with one attached hydrogen (secondary N) is 1. The lowest BCUT2D eigenvalue weighted by Crippen LogP contribution is -2.27. The smallest absolute Gasteiger partial charge is 0.251 e. The van der Waals surface area contributed by atoms with Crippen molar-refractivity contribution in [2.45, 2.75) is 13.0 Å². The second-order valence-electron chi connectivity index (χ2n) is 5.18. The molecule has 1 aromatic heterocycles. The van der Waals surface area contributed by atoms with Gasteiger partial charge in [0.15, 0.2) is 0 Å². The number of nitrogens with zero attached hydrogens (tertiary/aromatic N) is 1. The molecule has 0 bridgehead atoms. The minimum Gasteiger partial charge on any atom is -0.467 e. The van der Waals surface area contributed by atoms with E-state index in [4.69, 9.17) is 4.42 Å². The molecule has 2 aromatic rings. The molecule has 1 aromatic carbocycles. The molecule has 0 saturated heterocycles. The molecule has 1 atom stereocenters. The van der Waals surface area contributed by atoms with E-state index in [0.29, 0.717) is 5.56 Å². The van der Waals surface area contributed by atoms with Gasteiger partial charge in [0.05, 0.1) is 12.3 Å². The van der Waals surface area contributed by atoms with Gasteiger partial charge in [-0.3, -0.25) is 9.59 Å². The number of hydrogen-bond acceptors (Lipinski definition) is 3. The number of benzene rings is 1. The van der Waals surface area contributed by atoms with E-state index in [1.807, 2.05) is 13.0 Å². The minimum absolute atomic E-state index is 0.121. The predicted molar refractivity (Wildman–Crippen MR) is 88.8 cm³/mol. The van der Waals surface area contributed by atoms with Gasteiger partial charge in [0.1, 0.15) is 5.76 Å². The summed E-state index contributed by atoms with van der Waals surface area (Å²) in [5.41, 5.74) is 1.43. The van der Waals surface area contributed by atoms with Gasteiger partial charge in [-0.1, -0.05) is 12.1 Å². The molecule has 0 aliphatic carbocycles. The third-order valence-corrected chi connectivity index (χ3v) is 3.70. The molecular weight excluding hydrogens is 292 g/mol. The van der Waals surface area contributed by atoms with Gasteiger partial charge in [0.25, 0.3) is 5.91 Å². The van der Waals surface area contributed by atoms with Crippen LogP contribution in [0.2, 0.25) is 0 Å². The van der Waals surface area contributed by atoms with E-state index >= 15 is 0 Å². The Balaban J connectivity index is 2.01. The van der Waals surface area contributed by atoms with Crippen LogP contribution in [0.15, 0.2) is 53.2 Å². The fourth-order valence-corrected chi connectivity index (χ4v) is 2.09. The first-order valence-corrected chi connectivity index (χ1v) is 7.33. The number of furan rings is 1. The SMILES string of the molecule is CNC(=O)c1ccc(/C=C/C(=O)N(C)C(C)c2ccco2)cc1. The van der Waals surface area contributed by atoms with Crippen LogP contribution < -0.4 is 5.32 Å². The molecule has 23 heavy (non-hydrogen) atoms. The molecular formula is C18H20N2O3. The summed E-state index contributed by atoms with van der Waals surface area (Å²) in [7, 11) is 3.32. The van der Waals surface area contributed by atoms with Gasteiger partial charge in [0.2, 0.25) is 5.91 Å². The Morgan fingerprint density at radius 3 is 2.48 bits per heavy atom. The van der Waals surface area contributed by atoms with Crippen LogP contribution in [-0.2, 0) is 4.79 Å². The lowest BCUT2D eigenvalue weighted by atomic mass is 10.1. The van der Waals surface area contributed by atoms with Crippen molar-refractivity contribution in [3.63, 3.8) is 0 Å². The summed E-state index contributed by atoms with van der Waals surface area (Å²) in [4.78, 5) is 25.3. The molecule has 0 aliphatic heterocycles. The second kappa shape index (κ2) is 7.45. The zero-order valence-electron chi connectivity index (χ0n) is 13.4. The summed E-state index contributed by atoms with van der Waals surface area (Å²) in [6, 6.07) is 10.5. The summed E-state index contributed by atoms with van der Waals surface area (Å²) in [6.07, 6.45) is 4.82. The highest BCUT2D eigenvalue weighted by molar-refractivity contribution is 5.94. The number of likely N-dealkylation sites (N-methyl/N-ethyl adjacent to an activating group) is 1. The average molecular weight is 312 g/mol. The summed E-state index contributed by atoms with van der Waals surface area (Å²) in [6.45, 7) is 1.91. The van der Waals surface area contributed by atoms with E-state index in [1.54, 1.807) is 61.7 Å². The van der Waals surface area contributed by atoms with Crippen molar-refractivity contribution in [3.8, 4) is 0 Å². The number of amides is 2. The summed E-state index contributed by atoms with van der Waals surface area (Å²) < 4.78 is 5.32. The molecule has 0 aliphatic rings. The molecule has 1 unspecified atom stereocenters. The van der Waals surface area contributed by atoms with Gasteiger partial charge in [0, 0.05) is 25.7 Å². The third kappa shape index (κ3) is 4.10. The van der Waals surface area contributed by atoms with Crippen LogP contribution in [0.4, 0.5) is 0 Å². The van der Waals surface area contributed by atoms with Crippen molar-refractivity contribution in [2.75, 3.05) is 14.1 Å². The van der Waals surface area contributed by atoms with Crippen LogP contribution in [0.3, 0.4) is 0 Å². The quantitative estimate of drug-likeness (QED) is 0.864. The van der Waals surface area contributed by atoms with Crippen molar-refractivity contribution < 1.29 is 14.0 Å². The lowest BCUT2D eigenvalue weighted by Gasteiger charge is -2.21. The standard InChI is InChI=1S/C18H20N2O3/c1-13(16-5-4-12-23-16)20(3)17(21)11-8-14-6-9-15(10-7-14)18(22)19-2/h4-13H,1-3H3,(H,19,22)/b11-8+. The molecule has 1 heterocycles. The highest BCUT2D eigenvalue weighted by atomic mass is 16.3. The Kier molecular flexibility index (Phi) is 5.36. The predicted octanol–water partition coefficient (Wildman–Crippen LogP) is 2.87. The van der Waals surface area contributed by atoms with Crippen LogP contribution in [0.1, 0.15) is 34.6 Å². The summed E-state index contributed by atoms with van der Waals surface area (Å²) in [5.74, 6) is 0.483. The van der Waals surface area contributed by atoms with Crippen LogP contribution >= 0.6 is 0 Å². The maximum atomic E-state index is 12.2. The van der Waals surface area contributed by atoms with Gasteiger partial charge < -0.3 is 14.6 Å². The Labute approximate surface area is 135 Å². The minimum atomic E-state index is -0.141. The van der Waals surface area contributed by atoms with Crippen LogP contribution in [0.5, 0.6) is 0 Å². The van der Waals surface area contributed by atoms with Gasteiger partial charge >= 0.3 is 0 Å².